The molecule has 0 amide bonds. The van der Waals surface area contributed by atoms with Crippen LogP contribution in [0.25, 0.3) is 0 Å². The zero-order valence-electron chi connectivity index (χ0n) is 11.1. The fourth-order valence-electron chi connectivity index (χ4n) is 2.80. The first-order chi connectivity index (χ1) is 8.79. The van der Waals surface area contributed by atoms with E-state index in [1.165, 1.54) is 0 Å². The van der Waals surface area contributed by atoms with Crippen LogP contribution in [-0.4, -0.2) is 28.4 Å². The van der Waals surface area contributed by atoms with Crippen LogP contribution in [0.2, 0.25) is 0 Å². The molecule has 0 aromatic rings. The minimum Gasteiger partial charge on any atom is -0.481 e. The van der Waals surface area contributed by atoms with E-state index in [2.05, 4.69) is 0 Å². The summed E-state index contributed by atoms with van der Waals surface area (Å²) in [4.78, 5) is 47.6. The highest BCUT2D eigenvalue weighted by Gasteiger charge is 2.54. The van der Waals surface area contributed by atoms with Gasteiger partial charge in [0.2, 0.25) is 0 Å². The van der Waals surface area contributed by atoms with Gasteiger partial charge >= 0.3 is 5.97 Å². The molecule has 2 fully saturated rings. The van der Waals surface area contributed by atoms with Crippen molar-refractivity contribution in [2.45, 2.75) is 39.5 Å². The van der Waals surface area contributed by atoms with E-state index in [0.717, 1.165) is 12.8 Å². The summed E-state index contributed by atoms with van der Waals surface area (Å²) >= 11 is 0. The molecule has 0 atom stereocenters. The quantitative estimate of drug-likeness (QED) is 0.773. The Kier molecular flexibility index (Phi) is 3.32. The Bertz CT molecular complexity index is 440. The van der Waals surface area contributed by atoms with E-state index in [1.54, 1.807) is 13.8 Å². The third-order valence-electron chi connectivity index (χ3n) is 4.42. The van der Waals surface area contributed by atoms with Crippen molar-refractivity contribution in [2.24, 2.45) is 23.2 Å². The summed E-state index contributed by atoms with van der Waals surface area (Å²) in [6, 6.07) is 0. The minimum atomic E-state index is -1.34. The highest BCUT2D eigenvalue weighted by Crippen LogP contribution is 2.44. The summed E-state index contributed by atoms with van der Waals surface area (Å²) in [5.74, 6) is -4.12. The zero-order valence-corrected chi connectivity index (χ0v) is 11.1. The number of carboxylic acids is 1. The first-order valence-corrected chi connectivity index (χ1v) is 6.62. The summed E-state index contributed by atoms with van der Waals surface area (Å²) < 4.78 is 0. The standard InChI is InChI=1S/C14H18O5/c1-7(2)14(13(18)19)5-9(15)11(10(16)6-14)12(17)8-3-4-8/h7-8,11H,3-6H2,1-2H3,(H,18,19). The lowest BCUT2D eigenvalue weighted by atomic mass is 9.62. The predicted molar refractivity (Wildman–Crippen MR) is 65.4 cm³/mol. The van der Waals surface area contributed by atoms with Crippen molar-refractivity contribution in [1.82, 2.24) is 0 Å². The lowest BCUT2D eigenvalue weighted by Crippen LogP contribution is -2.50. The second-order valence-electron chi connectivity index (χ2n) is 6.01. The monoisotopic (exact) mass is 266 g/mol. The summed E-state index contributed by atoms with van der Waals surface area (Å²) in [5.41, 5.74) is -1.34. The largest absolute Gasteiger partial charge is 0.481 e. The number of hydrogen-bond acceptors (Lipinski definition) is 4. The maximum absolute atomic E-state index is 12.1. The normalized spacial score (nSPS) is 31.6. The number of ketones is 3. The first kappa shape index (κ1) is 13.9. The Morgan fingerprint density at radius 1 is 1.16 bits per heavy atom. The van der Waals surface area contributed by atoms with Crippen molar-refractivity contribution >= 4 is 23.3 Å². The number of hydrogen-bond donors (Lipinski definition) is 1. The van der Waals surface area contributed by atoms with Crippen LogP contribution in [0.4, 0.5) is 0 Å². The van der Waals surface area contributed by atoms with E-state index in [9.17, 15) is 24.3 Å². The van der Waals surface area contributed by atoms with Crippen LogP contribution in [0.1, 0.15) is 39.5 Å². The molecule has 1 N–H and O–H groups in total. The predicted octanol–water partition coefficient (Wildman–Crippen LogP) is 1.24. The van der Waals surface area contributed by atoms with Gasteiger partial charge in [-0.05, 0) is 18.8 Å². The third kappa shape index (κ3) is 2.22. The van der Waals surface area contributed by atoms with Gasteiger partial charge in [-0.25, -0.2) is 0 Å². The molecule has 0 bridgehead atoms. The fraction of sp³-hybridized carbons (Fsp3) is 0.714. The molecule has 0 aromatic heterocycles. The minimum absolute atomic E-state index is 0.158. The number of carbonyl (C=O) groups is 4. The molecule has 5 heteroatoms. The second-order valence-corrected chi connectivity index (χ2v) is 6.01. The molecule has 0 heterocycles. The molecule has 2 aliphatic rings. The van der Waals surface area contributed by atoms with E-state index in [0.29, 0.717) is 0 Å². The van der Waals surface area contributed by atoms with Gasteiger partial charge in [0.15, 0.2) is 17.3 Å². The van der Waals surface area contributed by atoms with Crippen molar-refractivity contribution in [3.05, 3.63) is 0 Å². The molecule has 2 aliphatic carbocycles. The molecular formula is C14H18O5. The highest BCUT2D eigenvalue weighted by atomic mass is 16.4. The number of rotatable bonds is 4. The van der Waals surface area contributed by atoms with Crippen molar-refractivity contribution in [3.8, 4) is 0 Å². The van der Waals surface area contributed by atoms with Gasteiger partial charge in [0.25, 0.3) is 0 Å². The number of carboxylic acid groups (broad SMARTS) is 1. The van der Waals surface area contributed by atoms with Crippen molar-refractivity contribution in [2.75, 3.05) is 0 Å². The van der Waals surface area contributed by atoms with Gasteiger partial charge in [-0.1, -0.05) is 13.8 Å². The molecule has 0 aromatic carbocycles. The second kappa shape index (κ2) is 4.54. The van der Waals surface area contributed by atoms with Gasteiger partial charge < -0.3 is 5.11 Å². The smallest absolute Gasteiger partial charge is 0.310 e. The Balaban J connectivity index is 2.26. The number of Topliss-reactive ketones (excluding diaryl/α,β-unsaturated/α-hetero) is 3. The Labute approximate surface area is 111 Å². The average Bonchev–Trinajstić information content (AvgIpc) is 3.10. The van der Waals surface area contributed by atoms with Crippen LogP contribution in [0.15, 0.2) is 0 Å². The molecule has 5 nitrogen and oxygen atoms in total. The van der Waals surface area contributed by atoms with Gasteiger partial charge in [0.05, 0.1) is 5.41 Å². The molecule has 2 rings (SSSR count). The number of carbonyl (C=O) groups excluding carboxylic acids is 3. The molecule has 0 saturated heterocycles. The lowest BCUT2D eigenvalue weighted by Gasteiger charge is -2.37. The first-order valence-electron chi connectivity index (χ1n) is 6.62. The molecule has 0 unspecified atom stereocenters. The van der Waals surface area contributed by atoms with Gasteiger partial charge in [0, 0.05) is 18.8 Å². The summed E-state index contributed by atoms with van der Waals surface area (Å²) in [7, 11) is 0. The maximum atomic E-state index is 12.1. The van der Waals surface area contributed by atoms with Crippen LogP contribution in [0.5, 0.6) is 0 Å². The Hall–Kier alpha value is -1.52. The van der Waals surface area contributed by atoms with Gasteiger partial charge in [-0.15, -0.1) is 0 Å². The Morgan fingerprint density at radius 2 is 1.63 bits per heavy atom. The molecule has 0 radical (unpaired) electrons. The Morgan fingerprint density at radius 3 is 1.95 bits per heavy atom. The molecule has 104 valence electrons. The van der Waals surface area contributed by atoms with Gasteiger partial charge in [-0.3, -0.25) is 19.2 Å². The SMILES string of the molecule is CC(C)C1(C(=O)O)CC(=O)C(C(=O)C2CC2)C(=O)C1. The fourth-order valence-corrected chi connectivity index (χ4v) is 2.80. The molecule has 0 spiro atoms. The topological polar surface area (TPSA) is 88.5 Å². The van der Waals surface area contributed by atoms with Crippen LogP contribution >= 0.6 is 0 Å². The number of aliphatic carboxylic acids is 1. The third-order valence-corrected chi connectivity index (χ3v) is 4.42. The summed E-state index contributed by atoms with van der Waals surface area (Å²) in [6.45, 7) is 3.38. The zero-order chi connectivity index (χ0) is 14.4. The van der Waals surface area contributed by atoms with Crippen LogP contribution in [0, 0.1) is 23.2 Å². The molecule has 2 saturated carbocycles. The van der Waals surface area contributed by atoms with Gasteiger partial charge in [-0.2, -0.15) is 0 Å². The molecular weight excluding hydrogens is 248 g/mol. The van der Waals surface area contributed by atoms with E-state index < -0.39 is 28.9 Å². The summed E-state index contributed by atoms with van der Waals surface area (Å²) in [5, 5.41) is 9.35. The van der Waals surface area contributed by atoms with Gasteiger partial charge in [0.1, 0.15) is 5.92 Å². The van der Waals surface area contributed by atoms with Crippen molar-refractivity contribution in [1.29, 1.82) is 0 Å². The van der Waals surface area contributed by atoms with E-state index >= 15 is 0 Å². The van der Waals surface area contributed by atoms with E-state index in [1.807, 2.05) is 0 Å². The highest BCUT2D eigenvalue weighted by molar-refractivity contribution is 6.23. The summed E-state index contributed by atoms with van der Waals surface area (Å²) in [6.07, 6.45) is 1.05. The average molecular weight is 266 g/mol. The van der Waals surface area contributed by atoms with Crippen molar-refractivity contribution in [3.63, 3.8) is 0 Å². The van der Waals surface area contributed by atoms with Crippen LogP contribution in [0.3, 0.4) is 0 Å². The molecule has 0 aliphatic heterocycles. The van der Waals surface area contributed by atoms with Crippen LogP contribution < -0.4 is 0 Å². The van der Waals surface area contributed by atoms with Crippen LogP contribution in [-0.2, 0) is 19.2 Å². The van der Waals surface area contributed by atoms with E-state index in [-0.39, 0.29) is 30.5 Å². The molecule has 19 heavy (non-hydrogen) atoms. The lowest BCUT2D eigenvalue weighted by molar-refractivity contribution is -0.163. The van der Waals surface area contributed by atoms with E-state index in [4.69, 9.17) is 0 Å². The maximum Gasteiger partial charge on any atom is 0.310 e. The van der Waals surface area contributed by atoms with Crippen molar-refractivity contribution < 1.29 is 24.3 Å².